The number of aromatic hydroxyl groups is 1. The van der Waals surface area contributed by atoms with E-state index in [1.807, 2.05) is 43.3 Å². The summed E-state index contributed by atoms with van der Waals surface area (Å²) in [7, 11) is 0. The highest BCUT2D eigenvalue weighted by Gasteiger charge is 2.41. The molecule has 2 atom stereocenters. The number of anilines is 1. The molecule has 0 unspecified atom stereocenters. The number of phenols is 1. The van der Waals surface area contributed by atoms with E-state index in [0.717, 1.165) is 38.1 Å². The van der Waals surface area contributed by atoms with Crippen LogP contribution in [0.4, 0.5) is 5.88 Å². The third-order valence-electron chi connectivity index (χ3n) is 5.83. The molecule has 0 fully saturated rings. The van der Waals surface area contributed by atoms with Gasteiger partial charge in [0.25, 0.3) is 0 Å². The highest BCUT2D eigenvalue weighted by Crippen LogP contribution is 2.49. The molecule has 2 aliphatic rings. The van der Waals surface area contributed by atoms with Crippen molar-refractivity contribution >= 4 is 27.6 Å². The largest absolute Gasteiger partial charge is 0.508 e. The molecule has 1 aliphatic heterocycles. The van der Waals surface area contributed by atoms with Gasteiger partial charge in [-0.15, -0.1) is 0 Å². The molecule has 5 rings (SSSR count). The third-order valence-corrected chi connectivity index (χ3v) is 6.35. The van der Waals surface area contributed by atoms with E-state index in [9.17, 15) is 9.90 Å². The predicted octanol–water partition coefficient (Wildman–Crippen LogP) is 5.41. The Morgan fingerprint density at radius 3 is 2.48 bits per heavy atom. The number of nitrogens with zero attached hydrogens (tertiary/aromatic N) is 1. The van der Waals surface area contributed by atoms with Gasteiger partial charge in [-0.3, -0.25) is 4.79 Å². The summed E-state index contributed by atoms with van der Waals surface area (Å²) in [5.74, 6) is 0.854. The number of halogens is 1. The first kappa shape index (κ1) is 18.2. The first-order valence-corrected chi connectivity index (χ1v) is 10.3. The summed E-state index contributed by atoms with van der Waals surface area (Å²) in [4.78, 5) is 13.4. The molecule has 6 heteroatoms. The molecule has 5 nitrogen and oxygen atoms in total. The van der Waals surface area contributed by atoms with E-state index in [-0.39, 0.29) is 23.4 Å². The molecule has 0 amide bonds. The van der Waals surface area contributed by atoms with Crippen LogP contribution in [-0.2, 0) is 4.79 Å². The summed E-state index contributed by atoms with van der Waals surface area (Å²) in [6.45, 7) is 1.91. The summed E-state index contributed by atoms with van der Waals surface area (Å²) < 4.78 is 6.55. The van der Waals surface area contributed by atoms with Crippen molar-refractivity contribution in [2.75, 3.05) is 5.32 Å². The van der Waals surface area contributed by atoms with E-state index in [1.165, 1.54) is 0 Å². The zero-order valence-corrected chi connectivity index (χ0v) is 17.4. The van der Waals surface area contributed by atoms with Crippen molar-refractivity contribution in [1.29, 1.82) is 0 Å². The number of rotatable bonds is 2. The van der Waals surface area contributed by atoms with Crippen molar-refractivity contribution in [2.45, 2.75) is 31.6 Å². The summed E-state index contributed by atoms with van der Waals surface area (Å²) in [5.41, 5.74) is 5.52. The molecule has 146 valence electrons. The molecule has 2 N–H and O–H groups in total. The van der Waals surface area contributed by atoms with Crippen LogP contribution in [0.25, 0.3) is 0 Å². The van der Waals surface area contributed by atoms with Crippen LogP contribution in [0.3, 0.4) is 0 Å². The molecular formula is C23H19BrN2O3. The number of ketones is 1. The van der Waals surface area contributed by atoms with Crippen LogP contribution >= 0.6 is 15.9 Å². The van der Waals surface area contributed by atoms with Gasteiger partial charge in [-0.2, -0.15) is 0 Å². The van der Waals surface area contributed by atoms with Crippen LogP contribution in [0.1, 0.15) is 47.1 Å². The predicted molar refractivity (Wildman–Crippen MR) is 113 cm³/mol. The second-order valence-electron chi connectivity index (χ2n) is 7.63. The molecule has 0 saturated carbocycles. The molecule has 3 aromatic rings. The van der Waals surface area contributed by atoms with Crippen molar-refractivity contribution in [2.24, 2.45) is 0 Å². The van der Waals surface area contributed by atoms with Gasteiger partial charge in [-0.05, 0) is 54.7 Å². The second-order valence-corrected chi connectivity index (χ2v) is 8.55. The molecule has 1 aromatic heterocycles. The molecule has 0 spiro atoms. The Hall–Kier alpha value is -2.86. The number of allylic oxidation sites excluding steroid dienone is 2. The quantitative estimate of drug-likeness (QED) is 0.545. The zero-order chi connectivity index (χ0) is 20.1. The van der Waals surface area contributed by atoms with E-state index >= 15 is 0 Å². The summed E-state index contributed by atoms with van der Waals surface area (Å²) in [6.07, 6.45) is 1.15. The van der Waals surface area contributed by atoms with Gasteiger partial charge in [0.2, 0.25) is 5.88 Å². The normalized spacial score (nSPS) is 20.8. The van der Waals surface area contributed by atoms with Crippen LogP contribution in [0, 0.1) is 6.92 Å². The number of hydrogen-bond donors (Lipinski definition) is 2. The van der Waals surface area contributed by atoms with E-state index in [4.69, 9.17) is 4.52 Å². The number of nitrogens with one attached hydrogen (secondary N) is 1. The maximum atomic E-state index is 13.4. The number of aromatic nitrogens is 1. The van der Waals surface area contributed by atoms with Gasteiger partial charge in [0, 0.05) is 28.1 Å². The highest BCUT2D eigenvalue weighted by atomic mass is 79.9. The SMILES string of the molecule is Cc1noc2c1[C@@H](c1ccc(Br)cc1)C1=C(C[C@@H](c3ccc(O)cc3)CC1=O)N2. The average molecular weight is 451 g/mol. The Balaban J connectivity index is 1.61. The lowest BCUT2D eigenvalue weighted by atomic mass is 9.72. The standard InChI is InChI=1S/C23H19BrN2O3/c1-12-20-21(14-2-6-16(24)7-3-14)22-18(25-23(20)29-26-12)10-15(11-19(22)28)13-4-8-17(27)9-5-13/h2-9,15,21,25,27H,10-11H2,1H3/t15-,21-/m1/s1. The fourth-order valence-corrected chi connectivity index (χ4v) is 4.71. The molecule has 0 saturated heterocycles. The summed E-state index contributed by atoms with van der Waals surface area (Å²) in [6, 6.07) is 15.2. The molecule has 1 aliphatic carbocycles. The van der Waals surface area contributed by atoms with Crippen molar-refractivity contribution < 1.29 is 14.4 Å². The van der Waals surface area contributed by atoms with Gasteiger partial charge in [0.1, 0.15) is 5.75 Å². The fourth-order valence-electron chi connectivity index (χ4n) is 4.44. The molecule has 2 heterocycles. The average Bonchev–Trinajstić information content (AvgIpc) is 3.08. The maximum Gasteiger partial charge on any atom is 0.233 e. The van der Waals surface area contributed by atoms with E-state index in [0.29, 0.717) is 18.7 Å². The third kappa shape index (κ3) is 3.08. The van der Waals surface area contributed by atoms with Crippen molar-refractivity contribution in [3.8, 4) is 5.75 Å². The first-order valence-electron chi connectivity index (χ1n) is 9.55. The lowest BCUT2D eigenvalue weighted by Crippen LogP contribution is -2.29. The summed E-state index contributed by atoms with van der Waals surface area (Å²) >= 11 is 3.49. The first-order chi connectivity index (χ1) is 14.0. The lowest BCUT2D eigenvalue weighted by molar-refractivity contribution is -0.116. The van der Waals surface area contributed by atoms with Crippen LogP contribution in [0.2, 0.25) is 0 Å². The van der Waals surface area contributed by atoms with Gasteiger partial charge in [-0.25, -0.2) is 0 Å². The fraction of sp³-hybridized carbons (Fsp3) is 0.217. The van der Waals surface area contributed by atoms with Crippen molar-refractivity contribution in [1.82, 2.24) is 5.16 Å². The number of Topliss-reactive ketones (excluding diaryl/α,β-unsaturated/α-hetero) is 1. The number of hydrogen-bond acceptors (Lipinski definition) is 5. The minimum absolute atomic E-state index is 0.0606. The zero-order valence-electron chi connectivity index (χ0n) is 15.8. The van der Waals surface area contributed by atoms with Crippen molar-refractivity contribution in [3.63, 3.8) is 0 Å². The van der Waals surface area contributed by atoms with Gasteiger partial charge < -0.3 is 14.9 Å². The van der Waals surface area contributed by atoms with Crippen LogP contribution in [-0.4, -0.2) is 16.0 Å². The van der Waals surface area contributed by atoms with Crippen LogP contribution < -0.4 is 5.32 Å². The number of carbonyl (C=O) groups is 1. The monoisotopic (exact) mass is 450 g/mol. The van der Waals surface area contributed by atoms with Gasteiger partial charge in [0.05, 0.1) is 11.3 Å². The number of phenolic OH excluding ortho intramolecular Hbond substituents is 1. The van der Waals surface area contributed by atoms with Gasteiger partial charge >= 0.3 is 0 Å². The minimum Gasteiger partial charge on any atom is -0.508 e. The maximum absolute atomic E-state index is 13.4. The highest BCUT2D eigenvalue weighted by molar-refractivity contribution is 9.10. The van der Waals surface area contributed by atoms with E-state index < -0.39 is 0 Å². The Kier molecular flexibility index (Phi) is 4.32. The molecule has 0 radical (unpaired) electrons. The number of benzene rings is 2. The second kappa shape index (κ2) is 6.88. The minimum atomic E-state index is -0.186. The van der Waals surface area contributed by atoms with Crippen molar-refractivity contribution in [3.05, 3.63) is 86.7 Å². The van der Waals surface area contributed by atoms with E-state index in [2.05, 4.69) is 26.4 Å². The number of carbonyl (C=O) groups excluding carboxylic acids is 1. The van der Waals surface area contributed by atoms with Crippen LogP contribution in [0.5, 0.6) is 5.75 Å². The smallest absolute Gasteiger partial charge is 0.233 e. The summed E-state index contributed by atoms with van der Waals surface area (Å²) in [5, 5.41) is 17.1. The lowest BCUT2D eigenvalue weighted by Gasteiger charge is -2.34. The number of fused-ring (bicyclic) bond motifs is 1. The Bertz CT molecular complexity index is 1130. The Labute approximate surface area is 176 Å². The molecule has 2 aromatic carbocycles. The topological polar surface area (TPSA) is 75.4 Å². The molecule has 0 bridgehead atoms. The van der Waals surface area contributed by atoms with Crippen LogP contribution in [0.15, 0.2) is 68.8 Å². The van der Waals surface area contributed by atoms with Gasteiger partial charge in [0.15, 0.2) is 5.78 Å². The number of aryl methyl sites for hydroxylation is 1. The Morgan fingerprint density at radius 2 is 1.76 bits per heavy atom. The van der Waals surface area contributed by atoms with E-state index in [1.54, 1.807) is 12.1 Å². The molecular weight excluding hydrogens is 432 g/mol. The molecule has 29 heavy (non-hydrogen) atoms. The van der Waals surface area contributed by atoms with Gasteiger partial charge in [-0.1, -0.05) is 45.4 Å². The Morgan fingerprint density at radius 1 is 1.07 bits per heavy atom.